The second kappa shape index (κ2) is 7.85. The van der Waals surface area contributed by atoms with Crippen LogP contribution in [-0.4, -0.2) is 37.7 Å². The van der Waals surface area contributed by atoms with Gasteiger partial charge in [-0.25, -0.2) is 0 Å². The first kappa shape index (κ1) is 14.8. The molecule has 2 N–H and O–H groups in total. The molecule has 2 atom stereocenters. The summed E-state index contributed by atoms with van der Waals surface area (Å²) >= 11 is 0. The minimum atomic E-state index is 0.0536. The van der Waals surface area contributed by atoms with Crippen molar-refractivity contribution in [3.63, 3.8) is 0 Å². The maximum atomic E-state index is 11.9. The number of carbonyl (C=O) groups excluding carboxylic acids is 1. The molecular weight excluding hydrogens is 240 g/mol. The summed E-state index contributed by atoms with van der Waals surface area (Å²) in [5, 5.41) is 6.60. The highest BCUT2D eigenvalue weighted by Gasteiger charge is 2.30. The molecule has 4 heteroatoms. The lowest BCUT2D eigenvalue weighted by Gasteiger charge is -2.18. The Hall–Kier alpha value is -0.610. The molecule has 1 aliphatic heterocycles. The van der Waals surface area contributed by atoms with Crippen LogP contribution in [0.25, 0.3) is 0 Å². The first-order valence-electron chi connectivity index (χ1n) is 7.90. The average Bonchev–Trinajstić information content (AvgIpc) is 2.68. The third kappa shape index (κ3) is 4.77. The van der Waals surface area contributed by atoms with Gasteiger partial charge in [0.05, 0.1) is 12.0 Å². The van der Waals surface area contributed by atoms with Gasteiger partial charge in [0.15, 0.2) is 0 Å². The highest BCUT2D eigenvalue weighted by atomic mass is 16.5. The number of hydrogen-bond acceptors (Lipinski definition) is 3. The van der Waals surface area contributed by atoms with Gasteiger partial charge in [-0.3, -0.25) is 4.79 Å². The minimum Gasteiger partial charge on any atom is -0.378 e. The Morgan fingerprint density at radius 3 is 2.47 bits per heavy atom. The molecule has 0 radical (unpaired) electrons. The SMILES string of the molecule is CC1OCCC1C(=O)NCCNC1CCCCCC1. The molecule has 4 nitrogen and oxygen atoms in total. The van der Waals surface area contributed by atoms with Gasteiger partial charge in [-0.2, -0.15) is 0 Å². The van der Waals surface area contributed by atoms with Crippen LogP contribution in [0.3, 0.4) is 0 Å². The van der Waals surface area contributed by atoms with E-state index in [1.165, 1.54) is 38.5 Å². The summed E-state index contributed by atoms with van der Waals surface area (Å²) in [7, 11) is 0. The van der Waals surface area contributed by atoms with Gasteiger partial charge >= 0.3 is 0 Å². The number of amides is 1. The van der Waals surface area contributed by atoms with E-state index in [1.807, 2.05) is 6.92 Å². The Morgan fingerprint density at radius 1 is 1.11 bits per heavy atom. The molecule has 0 aromatic heterocycles. The predicted molar refractivity (Wildman–Crippen MR) is 76.0 cm³/mol. The topological polar surface area (TPSA) is 50.4 Å². The highest BCUT2D eigenvalue weighted by Crippen LogP contribution is 2.20. The average molecular weight is 268 g/mol. The first-order valence-corrected chi connectivity index (χ1v) is 7.90. The molecule has 2 fully saturated rings. The second-order valence-corrected chi connectivity index (χ2v) is 5.90. The summed E-state index contributed by atoms with van der Waals surface area (Å²) in [6, 6.07) is 0.660. The third-order valence-corrected chi connectivity index (χ3v) is 4.43. The van der Waals surface area contributed by atoms with Crippen molar-refractivity contribution in [2.75, 3.05) is 19.7 Å². The molecule has 1 saturated heterocycles. The zero-order valence-electron chi connectivity index (χ0n) is 12.1. The Labute approximate surface area is 116 Å². The summed E-state index contributed by atoms with van der Waals surface area (Å²) in [6.45, 7) is 4.33. The number of ether oxygens (including phenoxy) is 1. The van der Waals surface area contributed by atoms with Crippen LogP contribution in [0.4, 0.5) is 0 Å². The molecule has 1 aliphatic carbocycles. The van der Waals surface area contributed by atoms with Crippen molar-refractivity contribution >= 4 is 5.91 Å². The smallest absolute Gasteiger partial charge is 0.225 e. The fourth-order valence-corrected chi connectivity index (χ4v) is 3.15. The Bertz CT molecular complexity index is 275. The number of rotatable bonds is 5. The van der Waals surface area contributed by atoms with E-state index < -0.39 is 0 Å². The lowest BCUT2D eigenvalue weighted by atomic mass is 10.0. The minimum absolute atomic E-state index is 0.0536. The van der Waals surface area contributed by atoms with Crippen molar-refractivity contribution in [3.8, 4) is 0 Å². The van der Waals surface area contributed by atoms with Crippen LogP contribution in [0.15, 0.2) is 0 Å². The zero-order chi connectivity index (χ0) is 13.5. The van der Waals surface area contributed by atoms with Gasteiger partial charge in [0.25, 0.3) is 0 Å². The number of carbonyl (C=O) groups is 1. The lowest BCUT2D eigenvalue weighted by molar-refractivity contribution is -0.126. The highest BCUT2D eigenvalue weighted by molar-refractivity contribution is 5.79. The van der Waals surface area contributed by atoms with Crippen molar-refractivity contribution in [2.45, 2.75) is 64.0 Å². The molecule has 1 saturated carbocycles. The summed E-state index contributed by atoms with van der Waals surface area (Å²) in [4.78, 5) is 11.9. The van der Waals surface area contributed by atoms with Gasteiger partial charge < -0.3 is 15.4 Å². The van der Waals surface area contributed by atoms with Crippen LogP contribution >= 0.6 is 0 Å². The molecule has 0 aromatic rings. The van der Waals surface area contributed by atoms with Crippen molar-refractivity contribution in [1.29, 1.82) is 0 Å². The molecule has 110 valence electrons. The van der Waals surface area contributed by atoms with Gasteiger partial charge in [-0.1, -0.05) is 25.7 Å². The molecule has 0 spiro atoms. The Kier molecular flexibility index (Phi) is 6.11. The van der Waals surface area contributed by atoms with Crippen LogP contribution in [0.2, 0.25) is 0 Å². The van der Waals surface area contributed by atoms with Crippen LogP contribution < -0.4 is 10.6 Å². The van der Waals surface area contributed by atoms with Gasteiger partial charge in [-0.15, -0.1) is 0 Å². The van der Waals surface area contributed by atoms with Crippen molar-refractivity contribution in [1.82, 2.24) is 10.6 Å². The quantitative estimate of drug-likeness (QED) is 0.591. The number of hydrogen-bond donors (Lipinski definition) is 2. The van der Waals surface area contributed by atoms with Crippen LogP contribution in [-0.2, 0) is 9.53 Å². The molecule has 0 bridgehead atoms. The van der Waals surface area contributed by atoms with E-state index in [0.29, 0.717) is 6.04 Å². The van der Waals surface area contributed by atoms with Gasteiger partial charge in [0.2, 0.25) is 5.91 Å². The van der Waals surface area contributed by atoms with Crippen molar-refractivity contribution in [3.05, 3.63) is 0 Å². The van der Waals surface area contributed by atoms with Crippen LogP contribution in [0.5, 0.6) is 0 Å². The Balaban J connectivity index is 1.57. The monoisotopic (exact) mass is 268 g/mol. The molecule has 1 amide bonds. The summed E-state index contributed by atoms with van der Waals surface area (Å²) < 4.78 is 5.43. The lowest BCUT2D eigenvalue weighted by Crippen LogP contribution is -2.40. The summed E-state index contributed by atoms with van der Waals surface area (Å²) in [5.74, 6) is 0.213. The molecule has 1 heterocycles. The zero-order valence-corrected chi connectivity index (χ0v) is 12.1. The summed E-state index contributed by atoms with van der Waals surface area (Å²) in [5.41, 5.74) is 0. The first-order chi connectivity index (χ1) is 9.27. The van der Waals surface area contributed by atoms with Gasteiger partial charge in [-0.05, 0) is 26.2 Å². The van der Waals surface area contributed by atoms with E-state index in [4.69, 9.17) is 4.74 Å². The summed E-state index contributed by atoms with van der Waals surface area (Å²) in [6.07, 6.45) is 8.99. The van der Waals surface area contributed by atoms with Crippen LogP contribution in [0.1, 0.15) is 51.9 Å². The standard InChI is InChI=1S/C15H28N2O2/c1-12-14(8-11-19-12)15(18)17-10-9-16-13-6-4-2-3-5-7-13/h12-14,16H,2-11H2,1H3,(H,17,18). The molecule has 0 aromatic carbocycles. The van der Waals surface area contributed by atoms with E-state index in [9.17, 15) is 4.79 Å². The molecule has 2 unspecified atom stereocenters. The fraction of sp³-hybridized carbons (Fsp3) is 0.933. The van der Waals surface area contributed by atoms with E-state index in [1.54, 1.807) is 0 Å². The van der Waals surface area contributed by atoms with E-state index in [2.05, 4.69) is 10.6 Å². The van der Waals surface area contributed by atoms with Crippen LogP contribution in [0, 0.1) is 5.92 Å². The normalized spacial score (nSPS) is 29.1. The maximum absolute atomic E-state index is 11.9. The molecule has 2 aliphatic rings. The third-order valence-electron chi connectivity index (χ3n) is 4.43. The van der Waals surface area contributed by atoms with E-state index >= 15 is 0 Å². The largest absolute Gasteiger partial charge is 0.378 e. The van der Waals surface area contributed by atoms with E-state index in [-0.39, 0.29) is 17.9 Å². The second-order valence-electron chi connectivity index (χ2n) is 5.90. The Morgan fingerprint density at radius 2 is 1.84 bits per heavy atom. The number of nitrogens with one attached hydrogen (secondary N) is 2. The molecule has 19 heavy (non-hydrogen) atoms. The van der Waals surface area contributed by atoms with Crippen molar-refractivity contribution in [2.24, 2.45) is 5.92 Å². The van der Waals surface area contributed by atoms with Crippen molar-refractivity contribution < 1.29 is 9.53 Å². The fourth-order valence-electron chi connectivity index (χ4n) is 3.15. The van der Waals surface area contributed by atoms with Gasteiger partial charge in [0.1, 0.15) is 0 Å². The maximum Gasteiger partial charge on any atom is 0.225 e. The predicted octanol–water partition coefficient (Wildman–Crippen LogP) is 1.84. The van der Waals surface area contributed by atoms with E-state index in [0.717, 1.165) is 26.1 Å². The molecular formula is C15H28N2O2. The van der Waals surface area contributed by atoms with Gasteiger partial charge in [0, 0.05) is 25.7 Å². The molecule has 2 rings (SSSR count).